The van der Waals surface area contributed by atoms with E-state index < -0.39 is 0 Å². The molecule has 5 rings (SSSR count). The van der Waals surface area contributed by atoms with E-state index in [1.165, 1.54) is 25.1 Å². The molecule has 3 heterocycles. The normalized spacial score (nSPS) is 22.1. The van der Waals surface area contributed by atoms with Crippen molar-refractivity contribution in [1.82, 2.24) is 15.2 Å². The van der Waals surface area contributed by atoms with E-state index in [1.807, 2.05) is 19.1 Å². The zero-order valence-corrected chi connectivity index (χ0v) is 21.1. The molecule has 2 unspecified atom stereocenters. The van der Waals surface area contributed by atoms with Crippen molar-refractivity contribution < 1.29 is 14.3 Å². The maximum Gasteiger partial charge on any atom is 0.337 e. The monoisotopic (exact) mass is 477 g/mol. The molecule has 2 atom stereocenters. The van der Waals surface area contributed by atoms with Crippen molar-refractivity contribution in [3.05, 3.63) is 53.1 Å². The molecule has 3 aliphatic heterocycles. The molecular weight excluding hydrogens is 442 g/mol. The van der Waals surface area contributed by atoms with Crippen molar-refractivity contribution in [2.24, 2.45) is 5.10 Å². The van der Waals surface area contributed by atoms with E-state index in [1.54, 1.807) is 26.3 Å². The smallest absolute Gasteiger partial charge is 0.337 e. The second kappa shape index (κ2) is 9.77. The van der Waals surface area contributed by atoms with Crippen molar-refractivity contribution in [3.63, 3.8) is 0 Å². The number of methoxy groups -OCH3 is 2. The summed E-state index contributed by atoms with van der Waals surface area (Å²) in [6, 6.07) is 12.9. The Hall–Kier alpha value is -3.26. The van der Waals surface area contributed by atoms with Crippen LogP contribution in [0.5, 0.6) is 11.5 Å². The molecule has 8 heteroatoms. The third-order valence-corrected chi connectivity index (χ3v) is 7.52. The van der Waals surface area contributed by atoms with Crippen LogP contribution in [0.15, 0.2) is 41.5 Å². The molecule has 2 saturated heterocycles. The van der Waals surface area contributed by atoms with Crippen LogP contribution < -0.4 is 19.7 Å². The van der Waals surface area contributed by atoms with Gasteiger partial charge in [0, 0.05) is 49.5 Å². The van der Waals surface area contributed by atoms with Crippen molar-refractivity contribution in [1.29, 1.82) is 0 Å². The Labute approximate surface area is 207 Å². The number of nitrogens with zero attached hydrogens (tertiary/aromatic N) is 4. The Morgan fingerprint density at radius 1 is 1.06 bits per heavy atom. The third kappa shape index (κ3) is 4.43. The number of rotatable bonds is 4. The van der Waals surface area contributed by atoms with Crippen molar-refractivity contribution in [2.75, 3.05) is 52.3 Å². The van der Waals surface area contributed by atoms with Crippen LogP contribution in [0.25, 0.3) is 0 Å². The summed E-state index contributed by atoms with van der Waals surface area (Å²) in [5.74, 6) is 1.32. The fourth-order valence-corrected chi connectivity index (χ4v) is 5.60. The summed E-state index contributed by atoms with van der Waals surface area (Å²) in [6.45, 7) is 6.52. The maximum atomic E-state index is 12.7. The highest BCUT2D eigenvalue weighted by Gasteiger charge is 2.31. The van der Waals surface area contributed by atoms with Gasteiger partial charge in [-0.15, -0.1) is 0 Å². The van der Waals surface area contributed by atoms with Crippen molar-refractivity contribution in [2.45, 2.75) is 38.3 Å². The highest BCUT2D eigenvalue weighted by Crippen LogP contribution is 2.35. The van der Waals surface area contributed by atoms with Crippen LogP contribution in [-0.4, -0.2) is 81.2 Å². The lowest BCUT2D eigenvalue weighted by Gasteiger charge is -2.38. The molecule has 2 fully saturated rings. The molecule has 186 valence electrons. The summed E-state index contributed by atoms with van der Waals surface area (Å²) in [5.41, 5.74) is 4.97. The lowest BCUT2D eigenvalue weighted by Crippen LogP contribution is -2.50. The van der Waals surface area contributed by atoms with E-state index in [9.17, 15) is 4.79 Å². The molecule has 1 N–H and O–H groups in total. The van der Waals surface area contributed by atoms with Gasteiger partial charge in [0.05, 0.1) is 26.0 Å². The number of hydrazone groups is 1. The Balaban J connectivity index is 1.52. The first kappa shape index (κ1) is 23.5. The van der Waals surface area contributed by atoms with Gasteiger partial charge in [-0.2, -0.15) is 5.10 Å². The molecule has 8 nitrogen and oxygen atoms in total. The largest absolute Gasteiger partial charge is 0.493 e. The number of benzene rings is 2. The number of hydrogen-bond acceptors (Lipinski definition) is 6. The number of carbonyl (C=O) groups excluding carboxylic acids is 1. The number of amides is 2. The molecule has 0 saturated carbocycles. The van der Waals surface area contributed by atoms with Crippen LogP contribution in [0.4, 0.5) is 10.5 Å². The first-order chi connectivity index (χ1) is 17.0. The Kier molecular flexibility index (Phi) is 6.56. The van der Waals surface area contributed by atoms with Crippen molar-refractivity contribution in [3.8, 4) is 11.5 Å². The fraction of sp³-hybridized carbons (Fsp3) is 0.481. The molecule has 0 radical (unpaired) electrons. The molecule has 2 aromatic rings. The standard InChI is InChI=1S/C27H35N5O3/c1-18-14-20-15-24(34-3)25(35-4)16-23(20)26(29-32(18)27(33)28-2)19-7-9-21(10-8-19)31-13-12-30-11-5-6-22(30)17-31/h7-10,15-16,18,22H,5-6,11-14,17H2,1-4H3,(H,28,33). The van der Waals surface area contributed by atoms with E-state index >= 15 is 0 Å². The van der Waals surface area contributed by atoms with E-state index in [-0.39, 0.29) is 12.1 Å². The average molecular weight is 478 g/mol. The zero-order valence-electron chi connectivity index (χ0n) is 21.1. The number of carbonyl (C=O) groups is 1. The molecule has 0 aliphatic carbocycles. The first-order valence-corrected chi connectivity index (χ1v) is 12.5. The highest BCUT2D eigenvalue weighted by atomic mass is 16.5. The van der Waals surface area contributed by atoms with E-state index in [0.717, 1.165) is 42.0 Å². The van der Waals surface area contributed by atoms with Gasteiger partial charge in [-0.1, -0.05) is 12.1 Å². The fourth-order valence-electron chi connectivity index (χ4n) is 5.60. The van der Waals surface area contributed by atoms with Crippen LogP contribution in [0, 0.1) is 0 Å². The van der Waals surface area contributed by atoms with Gasteiger partial charge in [0.2, 0.25) is 0 Å². The number of ether oxygens (including phenoxy) is 2. The minimum Gasteiger partial charge on any atom is -0.493 e. The van der Waals surface area contributed by atoms with E-state index in [0.29, 0.717) is 24.0 Å². The number of fused-ring (bicyclic) bond motifs is 2. The summed E-state index contributed by atoms with van der Waals surface area (Å²) in [5, 5.41) is 9.15. The SMILES string of the molecule is CNC(=O)N1N=C(c2ccc(N3CCN4CCCC4C3)cc2)c2cc(OC)c(OC)cc2CC1C. The van der Waals surface area contributed by atoms with Gasteiger partial charge in [-0.3, -0.25) is 4.90 Å². The molecule has 0 aromatic heterocycles. The molecule has 35 heavy (non-hydrogen) atoms. The van der Waals surface area contributed by atoms with Crippen LogP contribution >= 0.6 is 0 Å². The lowest BCUT2D eigenvalue weighted by molar-refractivity contribution is 0.184. The van der Waals surface area contributed by atoms with E-state index in [4.69, 9.17) is 14.6 Å². The number of nitrogens with one attached hydrogen (secondary N) is 1. The number of urea groups is 1. The van der Waals surface area contributed by atoms with Gasteiger partial charge in [0.15, 0.2) is 11.5 Å². The van der Waals surface area contributed by atoms with Crippen LogP contribution in [0.1, 0.15) is 36.5 Å². The van der Waals surface area contributed by atoms with Gasteiger partial charge in [0.25, 0.3) is 0 Å². The van der Waals surface area contributed by atoms with Gasteiger partial charge in [-0.05, 0) is 62.6 Å². The summed E-state index contributed by atoms with van der Waals surface area (Å²) >= 11 is 0. The maximum absolute atomic E-state index is 12.7. The minimum absolute atomic E-state index is 0.119. The topological polar surface area (TPSA) is 69.6 Å². The second-order valence-electron chi connectivity index (χ2n) is 9.59. The molecular formula is C27H35N5O3. The number of piperazine rings is 1. The predicted molar refractivity (Wildman–Crippen MR) is 138 cm³/mol. The molecule has 2 amide bonds. The summed E-state index contributed by atoms with van der Waals surface area (Å²) in [7, 11) is 4.91. The minimum atomic E-state index is -0.229. The number of anilines is 1. The van der Waals surface area contributed by atoms with E-state index in [2.05, 4.69) is 39.4 Å². The van der Waals surface area contributed by atoms with Gasteiger partial charge < -0.3 is 19.7 Å². The van der Waals surface area contributed by atoms with Gasteiger partial charge in [0.1, 0.15) is 0 Å². The highest BCUT2D eigenvalue weighted by molar-refractivity contribution is 6.14. The van der Waals surface area contributed by atoms with Gasteiger partial charge >= 0.3 is 6.03 Å². The van der Waals surface area contributed by atoms with Gasteiger partial charge in [-0.25, -0.2) is 9.80 Å². The zero-order chi connectivity index (χ0) is 24.5. The van der Waals surface area contributed by atoms with Crippen LogP contribution in [-0.2, 0) is 6.42 Å². The second-order valence-corrected chi connectivity index (χ2v) is 9.59. The predicted octanol–water partition coefficient (Wildman–Crippen LogP) is 3.33. The molecule has 0 spiro atoms. The average Bonchev–Trinajstić information content (AvgIpc) is 3.31. The Morgan fingerprint density at radius 3 is 2.51 bits per heavy atom. The molecule has 3 aliphatic rings. The molecule has 2 aromatic carbocycles. The van der Waals surface area contributed by atoms with Crippen molar-refractivity contribution >= 4 is 17.4 Å². The summed E-state index contributed by atoms with van der Waals surface area (Å²) in [6.07, 6.45) is 3.26. The lowest BCUT2D eigenvalue weighted by atomic mass is 9.94. The number of hydrogen-bond donors (Lipinski definition) is 1. The third-order valence-electron chi connectivity index (χ3n) is 7.52. The Bertz CT molecular complexity index is 1120. The Morgan fingerprint density at radius 2 is 1.80 bits per heavy atom. The van der Waals surface area contributed by atoms with Crippen LogP contribution in [0.2, 0.25) is 0 Å². The first-order valence-electron chi connectivity index (χ1n) is 12.5. The molecule has 0 bridgehead atoms. The quantitative estimate of drug-likeness (QED) is 0.732. The summed E-state index contributed by atoms with van der Waals surface area (Å²) in [4.78, 5) is 17.8. The van der Waals surface area contributed by atoms with Crippen LogP contribution in [0.3, 0.4) is 0 Å². The summed E-state index contributed by atoms with van der Waals surface area (Å²) < 4.78 is 11.2.